The van der Waals surface area contributed by atoms with Crippen molar-refractivity contribution in [2.75, 3.05) is 26.2 Å². The molecule has 3 N–H and O–H groups in total. The van der Waals surface area contributed by atoms with Gasteiger partial charge >= 0.3 is 0 Å². The second kappa shape index (κ2) is 14.2. The fourth-order valence-corrected chi connectivity index (χ4v) is 2.91. The predicted molar refractivity (Wildman–Crippen MR) is 123 cm³/mol. The predicted octanol–water partition coefficient (Wildman–Crippen LogP) is 2.88. The summed E-state index contributed by atoms with van der Waals surface area (Å²) in [5.74, 6) is 0.766. The van der Waals surface area contributed by atoms with Crippen molar-refractivity contribution in [3.8, 4) is 0 Å². The van der Waals surface area contributed by atoms with Gasteiger partial charge in [-0.1, -0.05) is 30.3 Å². The largest absolute Gasteiger partial charge is 0.391 e. The standard InChI is InChI=1S/C20H36N4O.HI/c1-6-21-20(22-12-13-24(16(2)3)17(4)5)23-15-19(25)14-18-10-8-7-9-11-18;/h7-11,16-17,19,25H,6,12-15H2,1-5H3,(H2,21,22,23);1H. The van der Waals surface area contributed by atoms with Crippen LogP contribution in [0, 0.1) is 0 Å². The van der Waals surface area contributed by atoms with Gasteiger partial charge in [0.15, 0.2) is 5.96 Å². The van der Waals surface area contributed by atoms with Crippen molar-refractivity contribution in [3.63, 3.8) is 0 Å². The van der Waals surface area contributed by atoms with E-state index in [9.17, 15) is 5.11 Å². The molecule has 1 unspecified atom stereocenters. The number of guanidine groups is 1. The third-order valence-corrected chi connectivity index (χ3v) is 4.11. The number of hydrogen-bond acceptors (Lipinski definition) is 3. The maximum atomic E-state index is 10.2. The first kappa shape index (κ1) is 25.1. The molecule has 0 aliphatic rings. The minimum absolute atomic E-state index is 0. The van der Waals surface area contributed by atoms with Gasteiger partial charge in [-0.05, 0) is 40.2 Å². The Bertz CT molecular complexity index is 486. The van der Waals surface area contributed by atoms with Crippen molar-refractivity contribution in [1.82, 2.24) is 15.5 Å². The highest BCUT2D eigenvalue weighted by molar-refractivity contribution is 14.0. The quantitative estimate of drug-likeness (QED) is 0.276. The molecule has 1 aromatic carbocycles. The van der Waals surface area contributed by atoms with Crippen molar-refractivity contribution in [3.05, 3.63) is 35.9 Å². The van der Waals surface area contributed by atoms with Gasteiger partial charge in [-0.2, -0.15) is 0 Å². The van der Waals surface area contributed by atoms with Gasteiger partial charge in [0, 0.05) is 38.1 Å². The lowest BCUT2D eigenvalue weighted by atomic mass is 10.1. The second-order valence-electron chi connectivity index (χ2n) is 6.92. The van der Waals surface area contributed by atoms with Gasteiger partial charge in [-0.3, -0.25) is 9.89 Å². The van der Waals surface area contributed by atoms with Gasteiger partial charge in [0.25, 0.3) is 0 Å². The van der Waals surface area contributed by atoms with Crippen molar-refractivity contribution < 1.29 is 5.11 Å². The van der Waals surface area contributed by atoms with E-state index in [1.54, 1.807) is 0 Å². The van der Waals surface area contributed by atoms with Gasteiger partial charge in [-0.25, -0.2) is 0 Å². The van der Waals surface area contributed by atoms with Crippen LogP contribution in [0.5, 0.6) is 0 Å². The molecule has 0 aromatic heterocycles. The van der Waals surface area contributed by atoms with E-state index in [-0.39, 0.29) is 24.0 Å². The maximum Gasteiger partial charge on any atom is 0.191 e. The molecule has 0 saturated carbocycles. The van der Waals surface area contributed by atoms with E-state index < -0.39 is 6.10 Å². The number of aliphatic hydroxyl groups is 1. The second-order valence-corrected chi connectivity index (χ2v) is 6.92. The number of aliphatic imine (C=N–C) groups is 1. The molecule has 0 aliphatic carbocycles. The third-order valence-electron chi connectivity index (χ3n) is 4.11. The average molecular weight is 476 g/mol. The van der Waals surface area contributed by atoms with Gasteiger partial charge in [0.2, 0.25) is 0 Å². The summed E-state index contributed by atoms with van der Waals surface area (Å²) in [6.07, 6.45) is 0.152. The van der Waals surface area contributed by atoms with E-state index in [1.807, 2.05) is 37.3 Å². The average Bonchev–Trinajstić information content (AvgIpc) is 2.56. The van der Waals surface area contributed by atoms with E-state index in [0.717, 1.165) is 31.2 Å². The van der Waals surface area contributed by atoms with Crippen LogP contribution in [0.3, 0.4) is 0 Å². The SMILES string of the molecule is CCNC(=NCC(O)Cc1ccccc1)NCCN(C(C)C)C(C)C.I. The number of halogens is 1. The maximum absolute atomic E-state index is 10.2. The van der Waals surface area contributed by atoms with Crippen LogP contribution in [0.25, 0.3) is 0 Å². The summed E-state index contributed by atoms with van der Waals surface area (Å²) in [7, 11) is 0. The van der Waals surface area contributed by atoms with Crippen LogP contribution in [-0.4, -0.2) is 60.3 Å². The van der Waals surface area contributed by atoms with Crippen LogP contribution in [0.4, 0.5) is 0 Å². The van der Waals surface area contributed by atoms with Gasteiger partial charge < -0.3 is 15.7 Å². The highest BCUT2D eigenvalue weighted by atomic mass is 127. The molecule has 26 heavy (non-hydrogen) atoms. The molecule has 150 valence electrons. The first-order valence-corrected chi connectivity index (χ1v) is 9.44. The summed E-state index contributed by atoms with van der Waals surface area (Å²) in [5.41, 5.74) is 1.13. The molecule has 0 spiro atoms. The van der Waals surface area contributed by atoms with Crippen LogP contribution in [0.2, 0.25) is 0 Å². The number of hydrogen-bond donors (Lipinski definition) is 3. The molecule has 1 aromatic rings. The molecule has 0 heterocycles. The molecular formula is C20H37IN4O. The lowest BCUT2D eigenvalue weighted by Gasteiger charge is -2.30. The fourth-order valence-electron chi connectivity index (χ4n) is 2.91. The Labute approximate surface area is 176 Å². The Kier molecular flexibility index (Phi) is 13.8. The molecule has 6 heteroatoms. The topological polar surface area (TPSA) is 59.9 Å². The molecule has 0 radical (unpaired) electrons. The zero-order chi connectivity index (χ0) is 18.7. The molecule has 0 amide bonds. The van der Waals surface area contributed by atoms with Crippen LogP contribution < -0.4 is 10.6 Å². The van der Waals surface area contributed by atoms with E-state index in [0.29, 0.717) is 25.0 Å². The lowest BCUT2D eigenvalue weighted by Crippen LogP contribution is -2.45. The first-order chi connectivity index (χ1) is 11.9. The van der Waals surface area contributed by atoms with E-state index in [4.69, 9.17) is 0 Å². The monoisotopic (exact) mass is 476 g/mol. The van der Waals surface area contributed by atoms with Gasteiger partial charge in [-0.15, -0.1) is 24.0 Å². The van der Waals surface area contributed by atoms with Crippen LogP contribution in [-0.2, 0) is 6.42 Å². The molecule has 0 fully saturated rings. The highest BCUT2D eigenvalue weighted by Gasteiger charge is 2.12. The number of rotatable bonds is 10. The van der Waals surface area contributed by atoms with Crippen molar-refractivity contribution in [1.29, 1.82) is 0 Å². The van der Waals surface area contributed by atoms with Gasteiger partial charge in [0.1, 0.15) is 0 Å². The highest BCUT2D eigenvalue weighted by Crippen LogP contribution is 2.04. The van der Waals surface area contributed by atoms with Crippen molar-refractivity contribution in [2.24, 2.45) is 4.99 Å². The van der Waals surface area contributed by atoms with Gasteiger partial charge in [0.05, 0.1) is 12.6 Å². The molecule has 1 rings (SSSR count). The molecular weight excluding hydrogens is 439 g/mol. The molecule has 0 bridgehead atoms. The Balaban J connectivity index is 0.00000625. The summed E-state index contributed by atoms with van der Waals surface area (Å²) in [4.78, 5) is 6.97. The Morgan fingerprint density at radius 3 is 2.23 bits per heavy atom. The lowest BCUT2D eigenvalue weighted by molar-refractivity contribution is 0.178. The molecule has 5 nitrogen and oxygen atoms in total. The number of nitrogens with one attached hydrogen (secondary N) is 2. The third kappa shape index (κ3) is 10.3. The minimum atomic E-state index is -0.472. The number of nitrogens with zero attached hydrogens (tertiary/aromatic N) is 2. The summed E-state index contributed by atoms with van der Waals surface area (Å²) in [6.45, 7) is 13.9. The molecule has 0 aliphatic heterocycles. The Hall–Kier alpha value is -0.860. The smallest absolute Gasteiger partial charge is 0.191 e. The summed E-state index contributed by atoms with van der Waals surface area (Å²) < 4.78 is 0. The van der Waals surface area contributed by atoms with E-state index >= 15 is 0 Å². The van der Waals surface area contributed by atoms with E-state index in [1.165, 1.54) is 0 Å². The summed E-state index contributed by atoms with van der Waals surface area (Å²) in [6, 6.07) is 11.1. The Morgan fingerprint density at radius 2 is 1.69 bits per heavy atom. The normalized spacial score (nSPS) is 13.0. The number of aliphatic hydroxyl groups excluding tert-OH is 1. The minimum Gasteiger partial charge on any atom is -0.391 e. The zero-order valence-electron chi connectivity index (χ0n) is 16.9. The number of benzene rings is 1. The van der Waals surface area contributed by atoms with E-state index in [2.05, 4.69) is 48.2 Å². The van der Waals surface area contributed by atoms with Crippen LogP contribution in [0.1, 0.15) is 40.2 Å². The zero-order valence-corrected chi connectivity index (χ0v) is 19.2. The molecule has 0 saturated heterocycles. The molecule has 1 atom stereocenters. The van der Waals surface area contributed by atoms with Crippen LogP contribution in [0.15, 0.2) is 35.3 Å². The first-order valence-electron chi connectivity index (χ1n) is 9.44. The van der Waals surface area contributed by atoms with Crippen molar-refractivity contribution >= 4 is 29.9 Å². The van der Waals surface area contributed by atoms with Crippen LogP contribution >= 0.6 is 24.0 Å². The Morgan fingerprint density at radius 1 is 1.08 bits per heavy atom. The van der Waals surface area contributed by atoms with Crippen molar-refractivity contribution in [2.45, 2.75) is 59.2 Å². The summed E-state index contributed by atoms with van der Waals surface area (Å²) >= 11 is 0. The summed E-state index contributed by atoms with van der Waals surface area (Å²) in [5, 5.41) is 16.8. The fraction of sp³-hybridized carbons (Fsp3) is 0.650.